The second-order valence-corrected chi connectivity index (χ2v) is 5.69. The lowest BCUT2D eigenvalue weighted by molar-refractivity contribution is -0.126. The van der Waals surface area contributed by atoms with Gasteiger partial charge in [-0.2, -0.15) is 0 Å². The van der Waals surface area contributed by atoms with E-state index < -0.39 is 5.41 Å². The largest absolute Gasteiger partial charge is 0.397 e. The second kappa shape index (κ2) is 4.33. The van der Waals surface area contributed by atoms with Crippen molar-refractivity contribution in [2.24, 2.45) is 11.3 Å². The zero-order chi connectivity index (χ0) is 14.4. The monoisotopic (exact) mass is 261 g/mol. The first-order chi connectivity index (χ1) is 8.77. The van der Waals surface area contributed by atoms with E-state index in [2.05, 4.69) is 4.98 Å². The summed E-state index contributed by atoms with van der Waals surface area (Å²) in [5.74, 6) is 0.131. The Kier molecular flexibility index (Phi) is 3.08. The highest BCUT2D eigenvalue weighted by Crippen LogP contribution is 2.41. The van der Waals surface area contributed by atoms with Gasteiger partial charge in [0.2, 0.25) is 11.8 Å². The van der Waals surface area contributed by atoms with E-state index in [1.54, 1.807) is 13.0 Å². The Bertz CT molecular complexity index is 554. The lowest BCUT2D eigenvalue weighted by Crippen LogP contribution is -2.37. The fourth-order valence-corrected chi connectivity index (χ4v) is 2.33. The minimum absolute atomic E-state index is 0.100. The van der Waals surface area contributed by atoms with E-state index in [-0.39, 0.29) is 24.2 Å². The fourth-order valence-electron chi connectivity index (χ4n) is 2.33. The summed E-state index contributed by atoms with van der Waals surface area (Å²) in [6, 6.07) is 1.72. The molecule has 1 aliphatic heterocycles. The molecular weight excluding hydrogens is 242 g/mol. The number of rotatable bonds is 2. The molecule has 0 aromatic carbocycles. The molecule has 1 saturated heterocycles. The maximum absolute atomic E-state index is 12.6. The average molecular weight is 261 g/mol. The van der Waals surface area contributed by atoms with Gasteiger partial charge in [0, 0.05) is 6.42 Å². The molecule has 1 fully saturated rings. The minimum atomic E-state index is -0.646. The molecule has 1 unspecified atom stereocenters. The molecule has 0 saturated carbocycles. The molecule has 0 bridgehead atoms. The summed E-state index contributed by atoms with van der Waals surface area (Å²) < 4.78 is 0. The van der Waals surface area contributed by atoms with Crippen molar-refractivity contribution in [3.63, 3.8) is 0 Å². The van der Waals surface area contributed by atoms with Crippen LogP contribution in [-0.4, -0.2) is 16.8 Å². The van der Waals surface area contributed by atoms with Gasteiger partial charge in [-0.05, 0) is 31.4 Å². The SMILES string of the molecule is Cc1cc(N)cnc1N1C(=O)CC(C)(C(C)C)C1=O. The number of hydrogen-bond acceptors (Lipinski definition) is 4. The number of nitrogen functional groups attached to an aromatic ring is 1. The summed E-state index contributed by atoms with van der Waals surface area (Å²) in [4.78, 5) is 30.1. The van der Waals surface area contributed by atoms with E-state index in [0.717, 1.165) is 5.56 Å². The molecule has 0 aliphatic carbocycles. The van der Waals surface area contributed by atoms with Crippen molar-refractivity contribution in [3.05, 3.63) is 17.8 Å². The molecule has 2 N–H and O–H groups in total. The van der Waals surface area contributed by atoms with Crippen LogP contribution >= 0.6 is 0 Å². The standard InChI is InChI=1S/C14H19N3O2/c1-8(2)14(4)6-11(18)17(13(14)19)12-9(3)5-10(15)7-16-12/h5,7-8H,6,15H2,1-4H3. The van der Waals surface area contributed by atoms with Crippen molar-refractivity contribution in [1.82, 2.24) is 4.98 Å². The van der Waals surface area contributed by atoms with Gasteiger partial charge >= 0.3 is 0 Å². The van der Waals surface area contributed by atoms with Gasteiger partial charge in [-0.1, -0.05) is 13.8 Å². The quantitative estimate of drug-likeness (QED) is 0.825. The molecule has 102 valence electrons. The van der Waals surface area contributed by atoms with E-state index in [1.807, 2.05) is 20.8 Å². The van der Waals surface area contributed by atoms with Crippen LogP contribution < -0.4 is 10.6 Å². The zero-order valence-corrected chi connectivity index (χ0v) is 11.7. The Morgan fingerprint density at radius 3 is 2.53 bits per heavy atom. The summed E-state index contributed by atoms with van der Waals surface area (Å²) in [5.41, 5.74) is 6.25. The molecule has 0 spiro atoms. The molecule has 1 aliphatic rings. The number of pyridine rings is 1. The number of nitrogens with two attached hydrogens (primary N) is 1. The summed E-state index contributed by atoms with van der Waals surface area (Å²) in [5, 5.41) is 0. The molecule has 1 atom stereocenters. The maximum Gasteiger partial charge on any atom is 0.241 e. The van der Waals surface area contributed by atoms with E-state index >= 15 is 0 Å². The Morgan fingerprint density at radius 2 is 2.05 bits per heavy atom. The van der Waals surface area contributed by atoms with Crippen LogP contribution in [0, 0.1) is 18.3 Å². The number of imide groups is 1. The van der Waals surface area contributed by atoms with E-state index in [1.165, 1.54) is 11.1 Å². The highest BCUT2D eigenvalue weighted by molar-refractivity contribution is 6.22. The number of aromatic nitrogens is 1. The van der Waals surface area contributed by atoms with Crippen LogP contribution in [-0.2, 0) is 9.59 Å². The van der Waals surface area contributed by atoms with Crippen LogP contribution in [0.2, 0.25) is 0 Å². The summed E-state index contributed by atoms with van der Waals surface area (Å²) >= 11 is 0. The molecule has 5 nitrogen and oxygen atoms in total. The first-order valence-electron chi connectivity index (χ1n) is 6.37. The molecule has 2 amide bonds. The number of anilines is 2. The summed E-state index contributed by atoms with van der Waals surface area (Å²) in [7, 11) is 0. The second-order valence-electron chi connectivity index (χ2n) is 5.69. The third kappa shape index (κ3) is 1.99. The lowest BCUT2D eigenvalue weighted by atomic mass is 9.78. The predicted molar refractivity (Wildman–Crippen MR) is 73.4 cm³/mol. The van der Waals surface area contributed by atoms with Crippen LogP contribution in [0.25, 0.3) is 0 Å². The van der Waals surface area contributed by atoms with Gasteiger partial charge in [-0.3, -0.25) is 9.59 Å². The Balaban J connectivity index is 2.46. The van der Waals surface area contributed by atoms with Gasteiger partial charge in [0.05, 0.1) is 17.3 Å². The third-order valence-corrected chi connectivity index (χ3v) is 4.02. The third-order valence-electron chi connectivity index (χ3n) is 4.02. The number of aryl methyl sites for hydroxylation is 1. The van der Waals surface area contributed by atoms with Gasteiger partial charge in [-0.25, -0.2) is 9.88 Å². The Morgan fingerprint density at radius 1 is 1.42 bits per heavy atom. The number of amides is 2. The van der Waals surface area contributed by atoms with Gasteiger partial charge in [0.25, 0.3) is 0 Å². The number of carbonyl (C=O) groups excluding carboxylic acids is 2. The predicted octanol–water partition coefficient (Wildman–Crippen LogP) is 1.90. The fraction of sp³-hybridized carbons (Fsp3) is 0.500. The van der Waals surface area contributed by atoms with Crippen molar-refractivity contribution < 1.29 is 9.59 Å². The van der Waals surface area contributed by atoms with Crippen LogP contribution in [0.4, 0.5) is 11.5 Å². The minimum Gasteiger partial charge on any atom is -0.397 e. The van der Waals surface area contributed by atoms with Gasteiger partial charge in [0.1, 0.15) is 5.82 Å². The van der Waals surface area contributed by atoms with Crippen molar-refractivity contribution in [2.75, 3.05) is 10.6 Å². The van der Waals surface area contributed by atoms with Crippen LogP contribution in [0.5, 0.6) is 0 Å². The Hall–Kier alpha value is -1.91. The molecule has 2 rings (SSSR count). The zero-order valence-electron chi connectivity index (χ0n) is 11.7. The van der Waals surface area contributed by atoms with Crippen molar-refractivity contribution in [1.29, 1.82) is 0 Å². The molecule has 0 radical (unpaired) electrons. The van der Waals surface area contributed by atoms with Crippen molar-refractivity contribution in [2.45, 2.75) is 34.1 Å². The first kappa shape index (κ1) is 13.5. The van der Waals surface area contributed by atoms with Gasteiger partial charge in [0.15, 0.2) is 0 Å². The van der Waals surface area contributed by atoms with Crippen LogP contribution in [0.3, 0.4) is 0 Å². The van der Waals surface area contributed by atoms with Gasteiger partial charge < -0.3 is 5.73 Å². The molecule has 2 heterocycles. The van der Waals surface area contributed by atoms with Crippen molar-refractivity contribution in [3.8, 4) is 0 Å². The molecule has 19 heavy (non-hydrogen) atoms. The summed E-state index contributed by atoms with van der Waals surface area (Å²) in [6.07, 6.45) is 1.70. The highest BCUT2D eigenvalue weighted by atomic mass is 16.2. The van der Waals surface area contributed by atoms with Crippen LogP contribution in [0.15, 0.2) is 12.3 Å². The highest BCUT2D eigenvalue weighted by Gasteiger charge is 2.51. The summed E-state index contributed by atoms with van der Waals surface area (Å²) in [6.45, 7) is 7.55. The smallest absolute Gasteiger partial charge is 0.241 e. The average Bonchev–Trinajstić information content (AvgIpc) is 2.53. The maximum atomic E-state index is 12.6. The Labute approximate surface area is 112 Å². The van der Waals surface area contributed by atoms with Crippen LogP contribution in [0.1, 0.15) is 32.8 Å². The van der Waals surface area contributed by atoms with E-state index in [9.17, 15) is 9.59 Å². The molecular formula is C14H19N3O2. The number of hydrogen-bond donors (Lipinski definition) is 1. The number of carbonyl (C=O) groups is 2. The topological polar surface area (TPSA) is 76.3 Å². The van der Waals surface area contributed by atoms with E-state index in [0.29, 0.717) is 11.5 Å². The first-order valence-corrected chi connectivity index (χ1v) is 6.37. The van der Waals surface area contributed by atoms with Gasteiger partial charge in [-0.15, -0.1) is 0 Å². The lowest BCUT2D eigenvalue weighted by Gasteiger charge is -2.26. The molecule has 1 aromatic rings. The van der Waals surface area contributed by atoms with Crippen molar-refractivity contribution >= 4 is 23.3 Å². The molecule has 1 aromatic heterocycles. The normalized spacial score (nSPS) is 23.5. The molecule has 5 heteroatoms. The van der Waals surface area contributed by atoms with E-state index in [4.69, 9.17) is 5.73 Å². The number of nitrogens with zero attached hydrogens (tertiary/aromatic N) is 2.